The molecular weight excluding hydrogens is 335 g/mol. The standard InChI is InChI=1S/C11H21N3O3.C2HF3O2/c12-8(11(16)17)4-1-2-6-14-10(15)9-5-3-7-13-9;3-2(4,5)1(6)7/h8-9,13H,1-7,12H2,(H,14,15)(H,16,17);(H,6,7)/t8-,9+;/m0./s1. The van der Waals surface area contributed by atoms with Crippen molar-refractivity contribution < 1.29 is 37.8 Å². The van der Waals surface area contributed by atoms with Crippen molar-refractivity contribution in [3.05, 3.63) is 0 Å². The zero-order valence-corrected chi connectivity index (χ0v) is 12.9. The van der Waals surface area contributed by atoms with Gasteiger partial charge < -0.3 is 26.6 Å². The number of halogens is 3. The van der Waals surface area contributed by atoms with E-state index in [4.69, 9.17) is 20.7 Å². The highest BCUT2D eigenvalue weighted by Crippen LogP contribution is 2.13. The van der Waals surface area contributed by atoms with E-state index in [1.165, 1.54) is 0 Å². The average molecular weight is 357 g/mol. The summed E-state index contributed by atoms with van der Waals surface area (Å²) in [4.78, 5) is 30.9. The Labute approximate surface area is 136 Å². The highest BCUT2D eigenvalue weighted by Gasteiger charge is 2.38. The van der Waals surface area contributed by atoms with Gasteiger partial charge in [0.1, 0.15) is 6.04 Å². The molecule has 8 nitrogen and oxygen atoms in total. The van der Waals surface area contributed by atoms with Crippen LogP contribution in [0.25, 0.3) is 0 Å². The molecule has 140 valence electrons. The van der Waals surface area contributed by atoms with Crippen molar-refractivity contribution in [1.82, 2.24) is 10.6 Å². The molecule has 0 aromatic rings. The van der Waals surface area contributed by atoms with Crippen LogP contribution in [0.3, 0.4) is 0 Å². The molecule has 24 heavy (non-hydrogen) atoms. The molecule has 11 heteroatoms. The second-order valence-electron chi connectivity index (χ2n) is 5.18. The molecule has 1 saturated heterocycles. The largest absolute Gasteiger partial charge is 0.490 e. The van der Waals surface area contributed by atoms with Crippen LogP contribution in [0.2, 0.25) is 0 Å². The van der Waals surface area contributed by atoms with Crippen LogP contribution in [0.1, 0.15) is 32.1 Å². The van der Waals surface area contributed by atoms with E-state index in [1.807, 2.05) is 0 Å². The second-order valence-corrected chi connectivity index (χ2v) is 5.18. The number of nitrogens with one attached hydrogen (secondary N) is 2. The van der Waals surface area contributed by atoms with Crippen LogP contribution in [0, 0.1) is 0 Å². The number of carbonyl (C=O) groups is 3. The van der Waals surface area contributed by atoms with Gasteiger partial charge in [-0.15, -0.1) is 0 Å². The number of nitrogens with two attached hydrogens (primary N) is 1. The van der Waals surface area contributed by atoms with Crippen molar-refractivity contribution >= 4 is 17.8 Å². The number of amides is 1. The van der Waals surface area contributed by atoms with E-state index < -0.39 is 24.2 Å². The number of unbranched alkanes of at least 4 members (excludes halogenated alkanes) is 1. The molecule has 0 unspecified atom stereocenters. The molecule has 0 aromatic heterocycles. The monoisotopic (exact) mass is 357 g/mol. The molecule has 6 N–H and O–H groups in total. The Bertz CT molecular complexity index is 426. The van der Waals surface area contributed by atoms with Gasteiger partial charge in [0, 0.05) is 6.54 Å². The number of hydrogen-bond donors (Lipinski definition) is 5. The summed E-state index contributed by atoms with van der Waals surface area (Å²) in [6.07, 6.45) is -1.21. The van der Waals surface area contributed by atoms with Crippen LogP contribution >= 0.6 is 0 Å². The molecular formula is C13H22F3N3O5. The van der Waals surface area contributed by atoms with Gasteiger partial charge in [0.2, 0.25) is 5.91 Å². The quantitative estimate of drug-likeness (QED) is 0.406. The highest BCUT2D eigenvalue weighted by atomic mass is 19.4. The minimum absolute atomic E-state index is 0.0451. The van der Waals surface area contributed by atoms with Crippen molar-refractivity contribution in [1.29, 1.82) is 0 Å². The first-order valence-corrected chi connectivity index (χ1v) is 7.35. The maximum absolute atomic E-state index is 11.6. The number of alkyl halides is 3. The van der Waals surface area contributed by atoms with Crippen LogP contribution in [0.5, 0.6) is 0 Å². The van der Waals surface area contributed by atoms with Crippen LogP contribution in [0.4, 0.5) is 13.2 Å². The average Bonchev–Trinajstić information content (AvgIpc) is 3.00. The fraction of sp³-hybridized carbons (Fsp3) is 0.769. The van der Waals surface area contributed by atoms with Gasteiger partial charge >= 0.3 is 18.1 Å². The summed E-state index contributed by atoms with van der Waals surface area (Å²) < 4.78 is 31.7. The van der Waals surface area contributed by atoms with E-state index in [2.05, 4.69) is 10.6 Å². The van der Waals surface area contributed by atoms with Gasteiger partial charge in [0.05, 0.1) is 6.04 Å². The molecule has 1 aliphatic heterocycles. The normalized spacial score (nSPS) is 18.2. The van der Waals surface area contributed by atoms with Gasteiger partial charge in [-0.1, -0.05) is 0 Å². The van der Waals surface area contributed by atoms with Gasteiger partial charge in [-0.25, -0.2) is 4.79 Å². The third-order valence-electron chi connectivity index (χ3n) is 3.18. The lowest BCUT2D eigenvalue weighted by molar-refractivity contribution is -0.192. The van der Waals surface area contributed by atoms with Gasteiger partial charge in [-0.05, 0) is 38.6 Å². The SMILES string of the molecule is N[C@@H](CCCCNC(=O)[C@H]1CCCN1)C(=O)O.O=C(O)C(F)(F)F. The second kappa shape index (κ2) is 10.8. The summed E-state index contributed by atoms with van der Waals surface area (Å²) in [5.41, 5.74) is 5.36. The van der Waals surface area contributed by atoms with Gasteiger partial charge in [0.15, 0.2) is 0 Å². The molecule has 1 fully saturated rings. The molecule has 0 aliphatic carbocycles. The first-order chi connectivity index (χ1) is 11.1. The van der Waals surface area contributed by atoms with E-state index in [0.717, 1.165) is 25.8 Å². The number of rotatable bonds is 7. The number of carbonyl (C=O) groups excluding carboxylic acids is 1. The zero-order valence-electron chi connectivity index (χ0n) is 12.9. The summed E-state index contributed by atoms with van der Waals surface area (Å²) in [6, 6.07) is -0.835. The van der Waals surface area contributed by atoms with Crippen molar-refractivity contribution in [3.8, 4) is 0 Å². The Balaban J connectivity index is 0.000000640. The third kappa shape index (κ3) is 10.0. The molecule has 0 aromatic carbocycles. The molecule has 0 spiro atoms. The maximum atomic E-state index is 11.6. The lowest BCUT2D eigenvalue weighted by Crippen LogP contribution is -2.40. The van der Waals surface area contributed by atoms with E-state index in [9.17, 15) is 22.8 Å². The Morgan fingerprint density at radius 2 is 1.83 bits per heavy atom. The molecule has 0 radical (unpaired) electrons. The molecule has 1 heterocycles. The number of aliphatic carboxylic acids is 2. The molecule has 0 bridgehead atoms. The Kier molecular flexibility index (Phi) is 9.97. The minimum Gasteiger partial charge on any atom is -0.480 e. The minimum atomic E-state index is -5.08. The summed E-state index contributed by atoms with van der Waals surface area (Å²) in [5.74, 6) is -3.68. The fourth-order valence-electron chi connectivity index (χ4n) is 1.86. The predicted octanol–water partition coefficient (Wildman–Crippen LogP) is 0.0701. The summed E-state index contributed by atoms with van der Waals surface area (Å²) >= 11 is 0. The van der Waals surface area contributed by atoms with Gasteiger partial charge in [-0.3, -0.25) is 9.59 Å². The smallest absolute Gasteiger partial charge is 0.480 e. The predicted molar refractivity (Wildman–Crippen MR) is 77.2 cm³/mol. The van der Waals surface area contributed by atoms with E-state index in [-0.39, 0.29) is 11.9 Å². The summed E-state index contributed by atoms with van der Waals surface area (Å²) in [5, 5.41) is 21.7. The van der Waals surface area contributed by atoms with E-state index >= 15 is 0 Å². The topological polar surface area (TPSA) is 142 Å². The van der Waals surface area contributed by atoms with Crippen LogP contribution < -0.4 is 16.4 Å². The Hall–Kier alpha value is -1.88. The van der Waals surface area contributed by atoms with Crippen LogP contribution in [-0.4, -0.2) is 59.4 Å². The third-order valence-corrected chi connectivity index (χ3v) is 3.18. The lowest BCUT2D eigenvalue weighted by atomic mass is 10.1. The lowest BCUT2D eigenvalue weighted by Gasteiger charge is -2.11. The van der Waals surface area contributed by atoms with Crippen LogP contribution in [0.15, 0.2) is 0 Å². The first-order valence-electron chi connectivity index (χ1n) is 7.35. The first kappa shape index (κ1) is 22.1. The van der Waals surface area contributed by atoms with E-state index in [0.29, 0.717) is 19.4 Å². The highest BCUT2D eigenvalue weighted by molar-refractivity contribution is 5.81. The Morgan fingerprint density at radius 1 is 1.25 bits per heavy atom. The fourth-order valence-corrected chi connectivity index (χ4v) is 1.86. The number of hydrogen-bond acceptors (Lipinski definition) is 5. The number of carboxylic acid groups (broad SMARTS) is 2. The molecule has 1 amide bonds. The maximum Gasteiger partial charge on any atom is 0.490 e. The van der Waals surface area contributed by atoms with E-state index in [1.54, 1.807) is 0 Å². The molecule has 1 rings (SSSR count). The van der Waals surface area contributed by atoms with Crippen molar-refractivity contribution in [2.75, 3.05) is 13.1 Å². The summed E-state index contributed by atoms with van der Waals surface area (Å²) in [6.45, 7) is 1.49. The van der Waals surface area contributed by atoms with Crippen molar-refractivity contribution in [3.63, 3.8) is 0 Å². The zero-order chi connectivity index (χ0) is 18.8. The number of carboxylic acids is 2. The Morgan fingerprint density at radius 3 is 2.25 bits per heavy atom. The van der Waals surface area contributed by atoms with Crippen LogP contribution in [-0.2, 0) is 14.4 Å². The molecule has 0 saturated carbocycles. The van der Waals surface area contributed by atoms with Crippen molar-refractivity contribution in [2.45, 2.75) is 50.4 Å². The molecule has 2 atom stereocenters. The van der Waals surface area contributed by atoms with Crippen molar-refractivity contribution in [2.24, 2.45) is 5.73 Å². The van der Waals surface area contributed by atoms with Gasteiger partial charge in [0.25, 0.3) is 0 Å². The van der Waals surface area contributed by atoms with Gasteiger partial charge in [-0.2, -0.15) is 13.2 Å². The summed E-state index contributed by atoms with van der Waals surface area (Å²) in [7, 11) is 0. The molecule has 1 aliphatic rings.